The molecule has 3 heteroatoms. The first-order valence-electron chi connectivity index (χ1n) is 6.88. The van der Waals surface area contributed by atoms with Crippen molar-refractivity contribution in [1.82, 2.24) is 3.11 Å². The quantitative estimate of drug-likeness (QED) is 0.375. The molecule has 0 aliphatic heterocycles. The summed E-state index contributed by atoms with van der Waals surface area (Å²) in [7, 11) is 2.10. The number of nitrogens with zero attached hydrogens (tertiary/aromatic N) is 1. The molecule has 0 bridgehead atoms. The summed E-state index contributed by atoms with van der Waals surface area (Å²) in [5.74, 6) is 0. The molecule has 0 spiro atoms. The van der Waals surface area contributed by atoms with Gasteiger partial charge in [0, 0.05) is 36.0 Å². The molecule has 0 saturated heterocycles. The Hall–Kier alpha value is 0.650. The molecule has 18 heavy (non-hydrogen) atoms. The van der Waals surface area contributed by atoms with Crippen LogP contribution in [-0.4, -0.2) is 28.9 Å². The van der Waals surface area contributed by atoms with Crippen LogP contribution >= 0.6 is 22.9 Å². The van der Waals surface area contributed by atoms with Crippen molar-refractivity contribution in [3.8, 4) is 0 Å². The van der Waals surface area contributed by atoms with Crippen LogP contribution in [0.25, 0.3) is 0 Å². The second-order valence-corrected chi connectivity index (χ2v) is 9.40. The van der Waals surface area contributed by atoms with Gasteiger partial charge in [0.25, 0.3) is 0 Å². The Bertz CT molecular complexity index is 240. The van der Waals surface area contributed by atoms with E-state index < -0.39 is 0 Å². The molecule has 0 rings (SSSR count). The smallest absolute Gasteiger partial charge is 0.0707 e. The van der Waals surface area contributed by atoms with E-state index in [0.717, 1.165) is 26.0 Å². The molecule has 0 heterocycles. The van der Waals surface area contributed by atoms with Crippen molar-refractivity contribution in [2.75, 3.05) is 20.2 Å². The van der Waals surface area contributed by atoms with Crippen molar-refractivity contribution >= 4 is 22.9 Å². The minimum atomic E-state index is -0.0604. The highest BCUT2D eigenvalue weighted by Gasteiger charge is 2.41. The third kappa shape index (κ3) is 7.29. The van der Waals surface area contributed by atoms with Crippen LogP contribution in [-0.2, 0) is 4.74 Å². The topological polar surface area (TPSA) is 12.5 Å². The predicted molar refractivity (Wildman–Crippen MR) is 89.2 cm³/mol. The lowest BCUT2D eigenvalue weighted by molar-refractivity contribution is -0.125. The first-order chi connectivity index (χ1) is 7.87. The maximum atomic E-state index is 6.29. The number of ether oxygens (including phenoxy) is 1. The summed E-state index contributed by atoms with van der Waals surface area (Å²) in [4.78, 5) is 0. The molecule has 0 N–H and O–H groups in total. The summed E-state index contributed by atoms with van der Waals surface area (Å²) in [5, 5.41) is 0. The molecule has 0 saturated carbocycles. The summed E-state index contributed by atoms with van der Waals surface area (Å²) in [5.41, 5.74) is 0.397. The fourth-order valence-corrected chi connectivity index (χ4v) is 2.47. The van der Waals surface area contributed by atoms with E-state index in [4.69, 9.17) is 4.74 Å². The zero-order chi connectivity index (χ0) is 14.6. The number of hydrogen-bond donors (Lipinski definition) is 0. The minimum Gasteiger partial charge on any atom is -0.375 e. The third-order valence-electron chi connectivity index (χ3n) is 3.49. The summed E-state index contributed by atoms with van der Waals surface area (Å²) in [6.45, 7) is 17.9. The van der Waals surface area contributed by atoms with Crippen molar-refractivity contribution in [2.24, 2.45) is 10.8 Å². The molecule has 2 nitrogen and oxygen atoms in total. The molecule has 0 aromatic rings. The molecule has 0 radical (unpaired) electrons. The standard InChI is InChI=1S/C15H32INO/c1-13(2,3)12-15(7,14(4,5)6)18-11-9-10-17(8)16/h9-12H2,1-8H3. The maximum Gasteiger partial charge on any atom is 0.0707 e. The largest absolute Gasteiger partial charge is 0.375 e. The fourth-order valence-electron chi connectivity index (χ4n) is 2.12. The summed E-state index contributed by atoms with van der Waals surface area (Å²) in [6.07, 6.45) is 2.18. The van der Waals surface area contributed by atoms with Gasteiger partial charge in [0.15, 0.2) is 0 Å². The lowest BCUT2D eigenvalue weighted by Crippen LogP contribution is -2.45. The van der Waals surface area contributed by atoms with Gasteiger partial charge in [0.2, 0.25) is 0 Å². The van der Waals surface area contributed by atoms with Crippen LogP contribution in [0.3, 0.4) is 0 Å². The van der Waals surface area contributed by atoms with E-state index in [1.807, 2.05) is 0 Å². The highest BCUT2D eigenvalue weighted by atomic mass is 127. The Morgan fingerprint density at radius 2 is 1.50 bits per heavy atom. The van der Waals surface area contributed by atoms with Gasteiger partial charge in [-0.25, -0.2) is 0 Å². The highest BCUT2D eigenvalue weighted by molar-refractivity contribution is 14.1. The first-order valence-corrected chi connectivity index (χ1v) is 7.85. The number of halogens is 1. The molecule has 110 valence electrons. The lowest BCUT2D eigenvalue weighted by Gasteiger charge is -2.45. The van der Waals surface area contributed by atoms with Crippen molar-refractivity contribution in [3.05, 3.63) is 0 Å². The molecular formula is C15H32INO. The number of rotatable bonds is 6. The van der Waals surface area contributed by atoms with Gasteiger partial charge in [-0.05, 0) is 37.6 Å². The minimum absolute atomic E-state index is 0.0604. The van der Waals surface area contributed by atoms with E-state index in [1.165, 1.54) is 0 Å². The Balaban J connectivity index is 4.51. The van der Waals surface area contributed by atoms with Gasteiger partial charge < -0.3 is 4.74 Å². The van der Waals surface area contributed by atoms with Crippen LogP contribution in [0.5, 0.6) is 0 Å². The van der Waals surface area contributed by atoms with Crippen molar-refractivity contribution in [1.29, 1.82) is 0 Å². The van der Waals surface area contributed by atoms with Gasteiger partial charge in [0.1, 0.15) is 0 Å². The van der Waals surface area contributed by atoms with E-state index in [1.54, 1.807) is 0 Å². The summed E-state index contributed by atoms with van der Waals surface area (Å²) in [6, 6.07) is 0. The van der Waals surface area contributed by atoms with Gasteiger partial charge in [-0.1, -0.05) is 41.5 Å². The molecule has 0 aliphatic rings. The van der Waals surface area contributed by atoms with Crippen LogP contribution in [0.15, 0.2) is 0 Å². The van der Waals surface area contributed by atoms with Gasteiger partial charge in [-0.3, -0.25) is 3.11 Å². The Kier molecular flexibility index (Phi) is 7.14. The molecule has 0 aromatic heterocycles. The summed E-state index contributed by atoms with van der Waals surface area (Å²) >= 11 is 2.32. The average Bonchev–Trinajstić information content (AvgIpc) is 2.07. The molecule has 0 aliphatic carbocycles. The lowest BCUT2D eigenvalue weighted by atomic mass is 9.69. The zero-order valence-corrected chi connectivity index (χ0v) is 15.7. The Labute approximate surface area is 128 Å². The van der Waals surface area contributed by atoms with E-state index >= 15 is 0 Å². The monoisotopic (exact) mass is 369 g/mol. The van der Waals surface area contributed by atoms with Crippen molar-refractivity contribution in [3.63, 3.8) is 0 Å². The fraction of sp³-hybridized carbons (Fsp3) is 1.00. The zero-order valence-electron chi connectivity index (χ0n) is 13.6. The second kappa shape index (κ2) is 6.89. The Morgan fingerprint density at radius 3 is 1.83 bits per heavy atom. The van der Waals surface area contributed by atoms with Crippen LogP contribution in [0.4, 0.5) is 0 Å². The van der Waals surface area contributed by atoms with Crippen LogP contribution in [0.1, 0.15) is 61.3 Å². The molecule has 1 unspecified atom stereocenters. The maximum absolute atomic E-state index is 6.29. The van der Waals surface area contributed by atoms with E-state index in [9.17, 15) is 0 Å². The number of hydrogen-bond acceptors (Lipinski definition) is 2. The molecule has 0 fully saturated rings. The molecule has 0 amide bonds. The normalized spacial score (nSPS) is 17.0. The molecule has 0 aromatic carbocycles. The van der Waals surface area contributed by atoms with Gasteiger partial charge in [0.05, 0.1) is 5.60 Å². The molecular weight excluding hydrogens is 337 g/mol. The van der Waals surface area contributed by atoms with Gasteiger partial charge in [-0.15, -0.1) is 0 Å². The van der Waals surface area contributed by atoms with Crippen LogP contribution in [0, 0.1) is 10.8 Å². The Morgan fingerprint density at radius 1 is 1.00 bits per heavy atom. The van der Waals surface area contributed by atoms with Crippen molar-refractivity contribution in [2.45, 2.75) is 66.9 Å². The first kappa shape index (κ1) is 18.7. The molecule has 1 atom stereocenters. The van der Waals surface area contributed by atoms with E-state index in [-0.39, 0.29) is 11.0 Å². The van der Waals surface area contributed by atoms with Gasteiger partial charge >= 0.3 is 0 Å². The van der Waals surface area contributed by atoms with E-state index in [0.29, 0.717) is 5.41 Å². The van der Waals surface area contributed by atoms with Crippen molar-refractivity contribution < 1.29 is 4.74 Å². The third-order valence-corrected chi connectivity index (χ3v) is 3.97. The average molecular weight is 369 g/mol. The van der Waals surface area contributed by atoms with Crippen LogP contribution < -0.4 is 0 Å². The van der Waals surface area contributed by atoms with Gasteiger partial charge in [-0.2, -0.15) is 0 Å². The summed E-state index contributed by atoms with van der Waals surface area (Å²) < 4.78 is 8.47. The predicted octanol–water partition coefficient (Wildman–Crippen LogP) is 4.92. The highest BCUT2D eigenvalue weighted by Crippen LogP contribution is 2.42. The SMILES string of the molecule is CN(I)CCCOC(C)(CC(C)(C)C)C(C)(C)C. The van der Waals surface area contributed by atoms with E-state index in [2.05, 4.69) is 81.5 Å². The second-order valence-electron chi connectivity index (χ2n) is 7.75. The van der Waals surface area contributed by atoms with Crippen LogP contribution in [0.2, 0.25) is 0 Å².